The van der Waals surface area contributed by atoms with Gasteiger partial charge < -0.3 is 24.8 Å². The summed E-state index contributed by atoms with van der Waals surface area (Å²) in [5, 5.41) is 0. The van der Waals surface area contributed by atoms with E-state index in [1.54, 1.807) is 0 Å². The average molecular weight is 541 g/mol. The van der Waals surface area contributed by atoms with Crippen LogP contribution in [0.15, 0.2) is 46.4 Å². The Kier molecular flexibility index (Phi) is 12.4. The van der Waals surface area contributed by atoms with Gasteiger partial charge in [-0.05, 0) is 102 Å². The first-order valence-corrected chi connectivity index (χ1v) is 10.8. The number of hydrogen-bond donors (Lipinski definition) is 0. The Morgan fingerprint density at radius 2 is 0.794 bits per heavy atom. The van der Waals surface area contributed by atoms with Crippen LogP contribution >= 0.6 is 0 Å². The molecule has 0 amide bonds. The standard InChI is InChI=1S/C28H33N3.2ClH.Co/c1-16-10-19(4)27(20(5)11-16)29-23(8)25-14-18(3)15-26(31-25)24(9)30-28-21(6)12-17(2)13-22(28)7;;;/h10-15H,1-9H3;2*1H;/q;;;+2/p-2. The maximum atomic E-state index is 4.95. The van der Waals surface area contributed by atoms with Gasteiger partial charge in [0.2, 0.25) is 0 Å². The number of pyridine rings is 1. The van der Waals surface area contributed by atoms with E-state index in [2.05, 4.69) is 84.9 Å². The number of rotatable bonds is 4. The van der Waals surface area contributed by atoms with Crippen molar-refractivity contribution in [2.24, 2.45) is 9.98 Å². The Balaban J connectivity index is 0.00000363. The molecule has 0 bridgehead atoms. The molecule has 0 unspecified atom stereocenters. The van der Waals surface area contributed by atoms with Crippen LogP contribution in [0.1, 0.15) is 64.2 Å². The zero-order chi connectivity index (χ0) is 22.9. The molecule has 0 aliphatic carbocycles. The Morgan fingerprint density at radius 1 is 0.529 bits per heavy atom. The van der Waals surface area contributed by atoms with Crippen molar-refractivity contribution in [3.05, 3.63) is 86.7 Å². The zero-order valence-electron chi connectivity index (χ0n) is 21.4. The summed E-state index contributed by atoms with van der Waals surface area (Å²) in [6.07, 6.45) is 0. The van der Waals surface area contributed by atoms with E-state index in [1.807, 2.05) is 13.8 Å². The number of nitrogens with zero attached hydrogens (tertiary/aromatic N) is 3. The number of aliphatic imine (C=N–C) groups is 2. The first-order chi connectivity index (χ1) is 14.5. The van der Waals surface area contributed by atoms with Gasteiger partial charge in [0.25, 0.3) is 0 Å². The van der Waals surface area contributed by atoms with Crippen molar-refractivity contribution in [3.63, 3.8) is 0 Å². The van der Waals surface area contributed by atoms with Gasteiger partial charge >= 0.3 is 16.8 Å². The van der Waals surface area contributed by atoms with Crippen LogP contribution in [0.4, 0.5) is 11.4 Å². The van der Waals surface area contributed by atoms with Gasteiger partial charge in [-0.15, -0.1) is 0 Å². The molecule has 0 fully saturated rings. The molecule has 0 aliphatic rings. The molecule has 0 aliphatic heterocycles. The van der Waals surface area contributed by atoms with E-state index in [9.17, 15) is 0 Å². The van der Waals surface area contributed by atoms with Crippen molar-refractivity contribution in [1.82, 2.24) is 4.98 Å². The predicted octanol–water partition coefficient (Wildman–Crippen LogP) is 1.53. The Hall–Kier alpha value is -1.98. The molecule has 183 valence electrons. The summed E-state index contributed by atoms with van der Waals surface area (Å²) in [6.45, 7) is 18.9. The second-order valence-electron chi connectivity index (χ2n) is 8.80. The first-order valence-electron chi connectivity index (χ1n) is 10.8. The molecule has 3 rings (SSSR count). The van der Waals surface area contributed by atoms with Crippen LogP contribution in [0.3, 0.4) is 0 Å². The van der Waals surface area contributed by atoms with Crippen LogP contribution < -0.4 is 24.8 Å². The van der Waals surface area contributed by atoms with E-state index in [0.29, 0.717) is 0 Å². The molecule has 6 heteroatoms. The van der Waals surface area contributed by atoms with Gasteiger partial charge in [0, 0.05) is 0 Å². The van der Waals surface area contributed by atoms with Crippen molar-refractivity contribution < 1.29 is 41.6 Å². The Bertz CT molecular complexity index is 1090. The van der Waals surface area contributed by atoms with Crippen LogP contribution in [0.2, 0.25) is 0 Å². The second-order valence-corrected chi connectivity index (χ2v) is 8.80. The van der Waals surface area contributed by atoms with Crippen molar-refractivity contribution in [1.29, 1.82) is 0 Å². The van der Waals surface area contributed by atoms with Gasteiger partial charge in [0.1, 0.15) is 0 Å². The third kappa shape index (κ3) is 7.51. The third-order valence-electron chi connectivity index (χ3n) is 5.54. The van der Waals surface area contributed by atoms with Crippen molar-refractivity contribution >= 4 is 22.8 Å². The van der Waals surface area contributed by atoms with Gasteiger partial charge in [-0.2, -0.15) is 0 Å². The maximum Gasteiger partial charge on any atom is 2.00 e. The minimum Gasteiger partial charge on any atom is -1.00 e. The van der Waals surface area contributed by atoms with Crippen LogP contribution in [0.5, 0.6) is 0 Å². The summed E-state index contributed by atoms with van der Waals surface area (Å²) in [5.41, 5.74) is 14.1. The molecule has 0 spiro atoms. The van der Waals surface area contributed by atoms with Crippen LogP contribution in [0.25, 0.3) is 0 Å². The van der Waals surface area contributed by atoms with Crippen LogP contribution in [-0.2, 0) is 16.8 Å². The van der Waals surface area contributed by atoms with Crippen molar-refractivity contribution in [3.8, 4) is 0 Å². The van der Waals surface area contributed by atoms with Gasteiger partial charge in [0.05, 0.1) is 34.2 Å². The van der Waals surface area contributed by atoms with E-state index < -0.39 is 0 Å². The molecule has 0 saturated heterocycles. The Labute approximate surface area is 227 Å². The molecule has 0 saturated carbocycles. The average Bonchev–Trinajstić information content (AvgIpc) is 2.66. The first kappa shape index (κ1) is 32.0. The molecular weight excluding hydrogens is 508 g/mol. The van der Waals surface area contributed by atoms with E-state index in [0.717, 1.165) is 39.7 Å². The van der Waals surface area contributed by atoms with E-state index >= 15 is 0 Å². The smallest absolute Gasteiger partial charge is 1.00 e. The molecule has 1 radical (unpaired) electrons. The van der Waals surface area contributed by atoms with Crippen molar-refractivity contribution in [2.75, 3.05) is 0 Å². The van der Waals surface area contributed by atoms with Gasteiger partial charge in [-0.1, -0.05) is 35.4 Å². The fourth-order valence-electron chi connectivity index (χ4n) is 4.19. The molecule has 3 nitrogen and oxygen atoms in total. The number of hydrogen-bond acceptors (Lipinski definition) is 3. The summed E-state index contributed by atoms with van der Waals surface area (Å²) in [4.78, 5) is 14.8. The van der Waals surface area contributed by atoms with E-state index in [-0.39, 0.29) is 41.6 Å². The second kappa shape index (κ2) is 13.2. The molecule has 0 N–H and O–H groups in total. The SMILES string of the molecule is CC(=Nc1c(C)cc(C)cc1C)c1cc(C)cc(C(C)=Nc2c(C)cc(C)cc2C)n1.[Cl-].[Cl-].[Co+2]. The summed E-state index contributed by atoms with van der Waals surface area (Å²) >= 11 is 0. The van der Waals surface area contributed by atoms with Gasteiger partial charge in [0.15, 0.2) is 0 Å². The summed E-state index contributed by atoms with van der Waals surface area (Å²) < 4.78 is 0. The number of benzene rings is 2. The number of aromatic nitrogens is 1. The number of halogens is 2. The Morgan fingerprint density at radius 3 is 1.09 bits per heavy atom. The van der Waals surface area contributed by atoms with E-state index in [1.165, 1.54) is 33.4 Å². The summed E-state index contributed by atoms with van der Waals surface area (Å²) in [5.74, 6) is 0. The molecule has 3 aromatic rings. The quantitative estimate of drug-likeness (QED) is 0.462. The zero-order valence-corrected chi connectivity index (χ0v) is 23.9. The van der Waals surface area contributed by atoms with Crippen LogP contribution in [-0.4, -0.2) is 16.4 Å². The van der Waals surface area contributed by atoms with Gasteiger partial charge in [-0.25, -0.2) is 4.98 Å². The normalized spacial score (nSPS) is 11.3. The molecule has 1 heterocycles. The maximum absolute atomic E-state index is 4.95. The van der Waals surface area contributed by atoms with E-state index in [4.69, 9.17) is 15.0 Å². The molecule has 0 atom stereocenters. The van der Waals surface area contributed by atoms with Gasteiger partial charge in [-0.3, -0.25) is 9.98 Å². The minimum absolute atomic E-state index is 0. The largest absolute Gasteiger partial charge is 2.00 e. The third-order valence-corrected chi connectivity index (χ3v) is 5.54. The molecular formula is C28H33Cl2CoN3. The topological polar surface area (TPSA) is 37.6 Å². The minimum atomic E-state index is 0. The summed E-state index contributed by atoms with van der Waals surface area (Å²) in [7, 11) is 0. The van der Waals surface area contributed by atoms with Crippen LogP contribution in [0, 0.1) is 48.5 Å². The summed E-state index contributed by atoms with van der Waals surface area (Å²) in [6, 6.07) is 12.9. The molecule has 34 heavy (non-hydrogen) atoms. The predicted molar refractivity (Wildman–Crippen MR) is 134 cm³/mol. The molecule has 1 aromatic heterocycles. The molecule has 2 aromatic carbocycles. The number of aryl methyl sites for hydroxylation is 7. The monoisotopic (exact) mass is 540 g/mol. The fourth-order valence-corrected chi connectivity index (χ4v) is 4.19. The fraction of sp³-hybridized carbons (Fsp3) is 0.321. The van der Waals surface area contributed by atoms with Crippen molar-refractivity contribution in [2.45, 2.75) is 62.3 Å².